The van der Waals surface area contributed by atoms with Gasteiger partial charge in [0.25, 0.3) is 5.91 Å². The Hall–Kier alpha value is -3.27. The van der Waals surface area contributed by atoms with Gasteiger partial charge in [-0.3, -0.25) is 4.79 Å². The number of para-hydroxylation sites is 1. The minimum Gasteiger partial charge on any atom is -0.466 e. The number of fused-ring (bicyclic) bond motifs is 1. The zero-order valence-electron chi connectivity index (χ0n) is 16.4. The van der Waals surface area contributed by atoms with E-state index in [-0.39, 0.29) is 11.8 Å². The maximum absolute atomic E-state index is 12.9. The highest BCUT2D eigenvalue weighted by Gasteiger charge is 2.22. The van der Waals surface area contributed by atoms with E-state index in [0.717, 1.165) is 16.8 Å². The normalized spacial score (nSPS) is 12.2. The molecule has 28 heavy (non-hydrogen) atoms. The van der Waals surface area contributed by atoms with Crippen LogP contribution in [0.1, 0.15) is 44.5 Å². The summed E-state index contributed by atoms with van der Waals surface area (Å²) >= 11 is 0. The van der Waals surface area contributed by atoms with Crippen molar-refractivity contribution in [2.24, 2.45) is 0 Å². The fourth-order valence-electron chi connectivity index (χ4n) is 3.89. The van der Waals surface area contributed by atoms with Gasteiger partial charge in [-0.2, -0.15) is 0 Å². The molecule has 0 aliphatic rings. The van der Waals surface area contributed by atoms with Gasteiger partial charge in [0.2, 0.25) is 0 Å². The van der Waals surface area contributed by atoms with Gasteiger partial charge in [-0.05, 0) is 38.0 Å². The summed E-state index contributed by atoms with van der Waals surface area (Å²) in [7, 11) is 0. The lowest BCUT2D eigenvalue weighted by atomic mass is 9.91. The number of aromatic nitrogens is 1. The van der Waals surface area contributed by atoms with Crippen molar-refractivity contribution in [1.82, 2.24) is 10.3 Å². The number of amides is 1. The molecule has 1 amide bonds. The molecule has 2 aromatic carbocycles. The monoisotopic (exact) mass is 372 g/mol. The van der Waals surface area contributed by atoms with Crippen molar-refractivity contribution in [3.63, 3.8) is 0 Å². The van der Waals surface area contributed by atoms with E-state index < -0.39 is 0 Å². The van der Waals surface area contributed by atoms with Gasteiger partial charge in [0.05, 0.1) is 5.56 Å². The average molecular weight is 372 g/mol. The van der Waals surface area contributed by atoms with Crippen molar-refractivity contribution < 1.29 is 9.21 Å². The average Bonchev–Trinajstić information content (AvgIpc) is 3.23. The fraction of sp³-hybridized carbons (Fsp3) is 0.208. The summed E-state index contributed by atoms with van der Waals surface area (Å²) < 4.78 is 5.62. The van der Waals surface area contributed by atoms with Gasteiger partial charge in [-0.15, -0.1) is 0 Å². The van der Waals surface area contributed by atoms with Gasteiger partial charge in [-0.25, -0.2) is 0 Å². The Morgan fingerprint density at radius 1 is 1.00 bits per heavy atom. The third kappa shape index (κ3) is 3.22. The summed E-state index contributed by atoms with van der Waals surface area (Å²) in [4.78, 5) is 16.2. The first kappa shape index (κ1) is 18.1. The van der Waals surface area contributed by atoms with E-state index in [1.54, 1.807) is 0 Å². The third-order valence-corrected chi connectivity index (χ3v) is 5.45. The van der Waals surface area contributed by atoms with E-state index in [1.165, 1.54) is 16.5 Å². The largest absolute Gasteiger partial charge is 0.466 e. The highest BCUT2D eigenvalue weighted by Crippen LogP contribution is 2.30. The minimum absolute atomic E-state index is 0.0508. The van der Waals surface area contributed by atoms with Crippen LogP contribution in [0.2, 0.25) is 0 Å². The molecule has 2 heterocycles. The van der Waals surface area contributed by atoms with Crippen LogP contribution in [0.15, 0.2) is 65.2 Å². The molecule has 142 valence electrons. The summed E-state index contributed by atoms with van der Waals surface area (Å²) in [6.45, 7) is 6.16. The summed E-state index contributed by atoms with van der Waals surface area (Å²) in [6.07, 6.45) is 2.05. The van der Waals surface area contributed by atoms with Crippen LogP contribution in [0.4, 0.5) is 0 Å². The number of aryl methyl sites for hydroxylation is 2. The van der Waals surface area contributed by atoms with Crippen LogP contribution in [-0.2, 0) is 0 Å². The van der Waals surface area contributed by atoms with Gasteiger partial charge in [0.15, 0.2) is 0 Å². The number of aromatic amines is 1. The maximum atomic E-state index is 12.9. The first-order chi connectivity index (χ1) is 13.6. The van der Waals surface area contributed by atoms with Crippen LogP contribution < -0.4 is 5.32 Å². The lowest BCUT2D eigenvalue weighted by Crippen LogP contribution is -2.29. The minimum atomic E-state index is -0.0902. The second-order valence-corrected chi connectivity index (χ2v) is 7.18. The number of benzene rings is 2. The number of rotatable bonds is 5. The molecule has 0 saturated carbocycles. The van der Waals surface area contributed by atoms with E-state index in [2.05, 4.69) is 34.6 Å². The van der Waals surface area contributed by atoms with E-state index >= 15 is 0 Å². The standard InChI is InChI=1S/C24H24N2O2/c1-15-16(2)28-17(3)23(15)24(27)26-13-20(18-9-5-4-6-10-18)21-14-25-22-12-8-7-11-19(21)22/h4-12,14,20,25H,13H2,1-3H3,(H,26,27). The zero-order valence-corrected chi connectivity index (χ0v) is 16.4. The molecule has 0 aliphatic carbocycles. The van der Waals surface area contributed by atoms with E-state index in [1.807, 2.05) is 57.3 Å². The number of hydrogen-bond acceptors (Lipinski definition) is 2. The van der Waals surface area contributed by atoms with E-state index in [9.17, 15) is 4.79 Å². The Labute approximate surface area is 164 Å². The second-order valence-electron chi connectivity index (χ2n) is 7.18. The molecule has 0 radical (unpaired) electrons. The number of furan rings is 1. The molecule has 4 rings (SSSR count). The molecular weight excluding hydrogens is 348 g/mol. The fourth-order valence-corrected chi connectivity index (χ4v) is 3.89. The topological polar surface area (TPSA) is 58.0 Å². The van der Waals surface area contributed by atoms with Gasteiger partial charge in [0.1, 0.15) is 11.5 Å². The molecular formula is C24H24N2O2. The van der Waals surface area contributed by atoms with E-state index in [0.29, 0.717) is 17.9 Å². The smallest absolute Gasteiger partial charge is 0.255 e. The highest BCUT2D eigenvalue weighted by atomic mass is 16.3. The molecule has 1 unspecified atom stereocenters. The molecule has 4 nitrogen and oxygen atoms in total. The van der Waals surface area contributed by atoms with Crippen molar-refractivity contribution in [2.75, 3.05) is 6.54 Å². The number of carbonyl (C=O) groups is 1. The maximum Gasteiger partial charge on any atom is 0.255 e. The molecule has 0 aliphatic heterocycles. The summed E-state index contributed by atoms with van der Waals surface area (Å²) in [5, 5.41) is 4.31. The van der Waals surface area contributed by atoms with Crippen molar-refractivity contribution >= 4 is 16.8 Å². The molecule has 2 aromatic heterocycles. The quantitative estimate of drug-likeness (QED) is 0.503. The van der Waals surface area contributed by atoms with Crippen molar-refractivity contribution in [1.29, 1.82) is 0 Å². The Balaban J connectivity index is 1.66. The lowest BCUT2D eigenvalue weighted by molar-refractivity contribution is 0.0950. The van der Waals surface area contributed by atoms with Crippen molar-refractivity contribution in [2.45, 2.75) is 26.7 Å². The van der Waals surface area contributed by atoms with Gasteiger partial charge >= 0.3 is 0 Å². The molecule has 4 aromatic rings. The Morgan fingerprint density at radius 2 is 1.71 bits per heavy atom. The SMILES string of the molecule is Cc1oc(C)c(C(=O)NCC(c2ccccc2)c2c[nH]c3ccccc23)c1C. The summed E-state index contributed by atoms with van der Waals surface area (Å²) in [6, 6.07) is 18.5. The van der Waals surface area contributed by atoms with Crippen molar-refractivity contribution in [3.05, 3.63) is 94.6 Å². The van der Waals surface area contributed by atoms with Crippen LogP contribution in [0, 0.1) is 20.8 Å². The zero-order chi connectivity index (χ0) is 19.7. The molecule has 0 spiro atoms. The number of hydrogen-bond donors (Lipinski definition) is 2. The number of H-pyrrole nitrogens is 1. The first-order valence-corrected chi connectivity index (χ1v) is 9.52. The summed E-state index contributed by atoms with van der Waals surface area (Å²) in [5.41, 5.74) is 4.99. The summed E-state index contributed by atoms with van der Waals surface area (Å²) in [5.74, 6) is 1.41. The first-order valence-electron chi connectivity index (χ1n) is 9.52. The Kier molecular flexibility index (Phi) is 4.78. The second kappa shape index (κ2) is 7.39. The van der Waals surface area contributed by atoms with Gasteiger partial charge in [-0.1, -0.05) is 48.5 Å². The molecule has 4 heteroatoms. The van der Waals surface area contributed by atoms with Crippen molar-refractivity contribution in [3.8, 4) is 0 Å². The van der Waals surface area contributed by atoms with Crippen LogP contribution in [0.3, 0.4) is 0 Å². The number of nitrogens with one attached hydrogen (secondary N) is 2. The van der Waals surface area contributed by atoms with E-state index in [4.69, 9.17) is 4.42 Å². The molecule has 1 atom stereocenters. The molecule has 0 fully saturated rings. The third-order valence-electron chi connectivity index (χ3n) is 5.45. The van der Waals surface area contributed by atoms with Crippen LogP contribution >= 0.6 is 0 Å². The molecule has 0 bridgehead atoms. The van der Waals surface area contributed by atoms with Gasteiger partial charge < -0.3 is 14.7 Å². The lowest BCUT2D eigenvalue weighted by Gasteiger charge is -2.18. The molecule has 0 saturated heterocycles. The van der Waals surface area contributed by atoms with Crippen LogP contribution in [0.5, 0.6) is 0 Å². The van der Waals surface area contributed by atoms with Crippen LogP contribution in [0.25, 0.3) is 10.9 Å². The predicted octanol–water partition coefficient (Wildman–Crippen LogP) is 5.25. The Bertz CT molecular complexity index is 1120. The van der Waals surface area contributed by atoms with Crippen LogP contribution in [-0.4, -0.2) is 17.4 Å². The van der Waals surface area contributed by atoms with Gasteiger partial charge in [0, 0.05) is 35.1 Å². The predicted molar refractivity (Wildman–Crippen MR) is 112 cm³/mol. The molecule has 2 N–H and O–H groups in total. The number of carbonyl (C=O) groups excluding carboxylic acids is 1. The Morgan fingerprint density at radius 3 is 2.43 bits per heavy atom. The highest BCUT2D eigenvalue weighted by molar-refractivity contribution is 5.97.